The third-order valence-electron chi connectivity index (χ3n) is 7.52. The van der Waals surface area contributed by atoms with Gasteiger partial charge in [0.25, 0.3) is 5.91 Å². The molecule has 0 radical (unpaired) electrons. The first-order valence-corrected chi connectivity index (χ1v) is 13.8. The van der Waals surface area contributed by atoms with E-state index in [1.807, 2.05) is 68.1 Å². The van der Waals surface area contributed by atoms with Gasteiger partial charge in [0.1, 0.15) is 12.4 Å². The van der Waals surface area contributed by atoms with E-state index in [0.717, 1.165) is 65.5 Å². The average Bonchev–Trinajstić information content (AvgIpc) is 3.37. The zero-order valence-electron chi connectivity index (χ0n) is 23.7. The summed E-state index contributed by atoms with van der Waals surface area (Å²) in [7, 11) is 0. The second-order valence-electron chi connectivity index (χ2n) is 11.0. The number of pyridine rings is 1. The molecule has 8 heteroatoms. The molecule has 0 aliphatic carbocycles. The van der Waals surface area contributed by atoms with Crippen LogP contribution in [0, 0.1) is 26.7 Å². The van der Waals surface area contributed by atoms with E-state index in [1.54, 1.807) is 12.4 Å². The SMILES string of the molecule is Cc1ccc(COc2cc(C(=O)Nc3cc(CN4CCC(N)C(C)C4)cc(-n4cnc(C)c4)c3)ccc2C)cn1. The highest BCUT2D eigenvalue weighted by atomic mass is 16.5. The van der Waals surface area contributed by atoms with Crippen LogP contribution in [0.4, 0.5) is 5.69 Å². The molecule has 1 aliphatic heterocycles. The number of amides is 1. The first-order chi connectivity index (χ1) is 19.2. The smallest absolute Gasteiger partial charge is 0.255 e. The van der Waals surface area contributed by atoms with Gasteiger partial charge in [-0.3, -0.25) is 14.7 Å². The summed E-state index contributed by atoms with van der Waals surface area (Å²) >= 11 is 0. The zero-order chi connectivity index (χ0) is 28.2. The van der Waals surface area contributed by atoms with Gasteiger partial charge in [0, 0.05) is 59.7 Å². The average molecular weight is 539 g/mol. The molecule has 40 heavy (non-hydrogen) atoms. The van der Waals surface area contributed by atoms with Crippen molar-refractivity contribution in [2.45, 2.75) is 53.3 Å². The first kappa shape index (κ1) is 27.6. The summed E-state index contributed by atoms with van der Waals surface area (Å²) in [6.45, 7) is 11.2. The molecule has 2 atom stereocenters. The van der Waals surface area contributed by atoms with Gasteiger partial charge in [-0.05, 0) is 87.2 Å². The van der Waals surface area contributed by atoms with Crippen molar-refractivity contribution in [3.8, 4) is 11.4 Å². The number of benzene rings is 2. The van der Waals surface area contributed by atoms with E-state index in [-0.39, 0.29) is 11.9 Å². The Labute approximate surface area is 236 Å². The van der Waals surface area contributed by atoms with Gasteiger partial charge in [-0.25, -0.2) is 4.98 Å². The Morgan fingerprint density at radius 3 is 2.62 bits per heavy atom. The number of nitrogens with two attached hydrogens (primary N) is 1. The van der Waals surface area contributed by atoms with Crippen LogP contribution in [0.1, 0.15) is 51.8 Å². The van der Waals surface area contributed by atoms with Crippen LogP contribution in [0.15, 0.2) is 67.3 Å². The Bertz CT molecular complexity index is 1480. The molecule has 4 aromatic rings. The Kier molecular flexibility index (Phi) is 8.28. The summed E-state index contributed by atoms with van der Waals surface area (Å²) in [6.07, 6.45) is 6.59. The Balaban J connectivity index is 1.35. The number of aryl methyl sites for hydroxylation is 3. The lowest BCUT2D eigenvalue weighted by Gasteiger charge is -2.35. The molecular weight excluding hydrogens is 500 g/mol. The number of nitrogens with one attached hydrogen (secondary N) is 1. The van der Waals surface area contributed by atoms with Crippen LogP contribution in [0.25, 0.3) is 5.69 Å². The molecule has 208 valence electrons. The summed E-state index contributed by atoms with van der Waals surface area (Å²) in [5, 5.41) is 3.12. The Morgan fingerprint density at radius 1 is 1.05 bits per heavy atom. The van der Waals surface area contributed by atoms with Crippen molar-refractivity contribution in [2.75, 3.05) is 18.4 Å². The molecule has 8 nitrogen and oxygen atoms in total. The topological polar surface area (TPSA) is 98.3 Å². The fourth-order valence-electron chi connectivity index (χ4n) is 5.05. The van der Waals surface area contributed by atoms with Crippen LogP contribution in [0.3, 0.4) is 0 Å². The van der Waals surface area contributed by atoms with Gasteiger partial charge in [0.2, 0.25) is 0 Å². The molecule has 1 fully saturated rings. The molecule has 3 N–H and O–H groups in total. The van der Waals surface area contributed by atoms with Crippen LogP contribution in [-0.4, -0.2) is 44.5 Å². The van der Waals surface area contributed by atoms with Crippen molar-refractivity contribution in [1.82, 2.24) is 19.4 Å². The van der Waals surface area contributed by atoms with Crippen LogP contribution in [-0.2, 0) is 13.2 Å². The maximum absolute atomic E-state index is 13.4. The highest BCUT2D eigenvalue weighted by Crippen LogP contribution is 2.25. The Hall–Kier alpha value is -4.01. The van der Waals surface area contributed by atoms with Gasteiger partial charge in [-0.2, -0.15) is 0 Å². The third kappa shape index (κ3) is 6.76. The van der Waals surface area contributed by atoms with E-state index in [4.69, 9.17) is 10.5 Å². The zero-order valence-corrected chi connectivity index (χ0v) is 23.7. The quantitative estimate of drug-likeness (QED) is 0.320. The third-order valence-corrected chi connectivity index (χ3v) is 7.52. The molecule has 5 rings (SSSR count). The molecule has 1 saturated heterocycles. The van der Waals surface area contributed by atoms with Crippen molar-refractivity contribution in [2.24, 2.45) is 11.7 Å². The van der Waals surface area contributed by atoms with Crippen molar-refractivity contribution < 1.29 is 9.53 Å². The lowest BCUT2D eigenvalue weighted by Crippen LogP contribution is -2.45. The minimum Gasteiger partial charge on any atom is -0.489 e. The van der Waals surface area contributed by atoms with Crippen molar-refractivity contribution in [1.29, 1.82) is 0 Å². The minimum atomic E-state index is -0.190. The molecule has 2 unspecified atom stereocenters. The molecule has 0 bridgehead atoms. The second-order valence-corrected chi connectivity index (χ2v) is 11.0. The number of carbonyl (C=O) groups is 1. The summed E-state index contributed by atoms with van der Waals surface area (Å²) in [4.78, 5) is 24.6. The van der Waals surface area contributed by atoms with Gasteiger partial charge in [0.15, 0.2) is 0 Å². The fourth-order valence-corrected chi connectivity index (χ4v) is 5.05. The second kappa shape index (κ2) is 12.0. The monoisotopic (exact) mass is 538 g/mol. The van der Waals surface area contributed by atoms with E-state index < -0.39 is 0 Å². The fraction of sp³-hybridized carbons (Fsp3) is 0.344. The molecule has 1 amide bonds. The largest absolute Gasteiger partial charge is 0.489 e. The standard InChI is InChI=1S/C32H38N6O2/c1-21-5-8-27(13-31(21)40-19-25-7-6-23(3)34-15-25)32(39)36-28-11-26(18-37-10-9-30(33)22(2)16-37)12-29(14-28)38-17-24(4)35-20-38/h5-8,11-15,17,20,22,30H,9-10,16,18-19,33H2,1-4H3,(H,36,39). The van der Waals surface area contributed by atoms with Gasteiger partial charge >= 0.3 is 0 Å². The van der Waals surface area contributed by atoms with E-state index in [9.17, 15) is 4.79 Å². The lowest BCUT2D eigenvalue weighted by molar-refractivity contribution is 0.102. The number of piperidine rings is 1. The molecule has 0 saturated carbocycles. The van der Waals surface area contributed by atoms with Gasteiger partial charge in [0.05, 0.1) is 12.0 Å². The first-order valence-electron chi connectivity index (χ1n) is 13.8. The molecule has 0 spiro atoms. The number of anilines is 1. The minimum absolute atomic E-state index is 0.190. The number of likely N-dealkylation sites (tertiary alicyclic amines) is 1. The number of carbonyl (C=O) groups excluding carboxylic acids is 1. The van der Waals surface area contributed by atoms with Gasteiger partial charge < -0.3 is 20.4 Å². The number of hydrogen-bond acceptors (Lipinski definition) is 6. The molecular formula is C32H38N6O2. The summed E-state index contributed by atoms with van der Waals surface area (Å²) in [6, 6.07) is 15.9. The number of hydrogen-bond donors (Lipinski definition) is 2. The van der Waals surface area contributed by atoms with Crippen molar-refractivity contribution >= 4 is 11.6 Å². The van der Waals surface area contributed by atoms with Gasteiger partial charge in [-0.1, -0.05) is 19.1 Å². The van der Waals surface area contributed by atoms with Crippen molar-refractivity contribution in [3.05, 3.63) is 101 Å². The normalized spacial score (nSPS) is 17.5. The number of imidazole rings is 1. The Morgan fingerprint density at radius 2 is 1.90 bits per heavy atom. The number of aromatic nitrogens is 3. The summed E-state index contributed by atoms with van der Waals surface area (Å²) in [5.41, 5.74) is 13.4. The summed E-state index contributed by atoms with van der Waals surface area (Å²) < 4.78 is 8.05. The lowest BCUT2D eigenvalue weighted by atomic mass is 9.94. The molecule has 2 aromatic carbocycles. The van der Waals surface area contributed by atoms with Gasteiger partial charge in [-0.15, -0.1) is 0 Å². The maximum atomic E-state index is 13.4. The highest BCUT2D eigenvalue weighted by molar-refractivity contribution is 6.04. The van der Waals surface area contributed by atoms with Crippen LogP contribution >= 0.6 is 0 Å². The van der Waals surface area contributed by atoms with Crippen LogP contribution in [0.2, 0.25) is 0 Å². The number of rotatable bonds is 8. The summed E-state index contributed by atoms with van der Waals surface area (Å²) in [5.74, 6) is 0.936. The maximum Gasteiger partial charge on any atom is 0.255 e. The van der Waals surface area contributed by atoms with E-state index >= 15 is 0 Å². The van der Waals surface area contributed by atoms with E-state index in [1.165, 1.54) is 0 Å². The van der Waals surface area contributed by atoms with Crippen molar-refractivity contribution in [3.63, 3.8) is 0 Å². The predicted molar refractivity (Wildman–Crippen MR) is 158 cm³/mol. The van der Waals surface area contributed by atoms with Crippen LogP contribution < -0.4 is 15.8 Å². The molecule has 1 aliphatic rings. The molecule has 3 heterocycles. The van der Waals surface area contributed by atoms with Crippen LogP contribution in [0.5, 0.6) is 5.75 Å². The molecule has 2 aromatic heterocycles. The van der Waals surface area contributed by atoms with E-state index in [0.29, 0.717) is 23.8 Å². The number of nitrogens with zero attached hydrogens (tertiary/aromatic N) is 4. The predicted octanol–water partition coefficient (Wildman–Crippen LogP) is 5.19. The number of ether oxygens (including phenoxy) is 1. The highest BCUT2D eigenvalue weighted by Gasteiger charge is 2.23. The van der Waals surface area contributed by atoms with E-state index in [2.05, 4.69) is 39.2 Å².